The molecule has 284 valence electrons. The van der Waals surface area contributed by atoms with Gasteiger partial charge in [0.1, 0.15) is 29.8 Å². The van der Waals surface area contributed by atoms with Crippen LogP contribution in [0.2, 0.25) is 0 Å². The molecule has 4 aromatic rings. The highest BCUT2D eigenvalue weighted by molar-refractivity contribution is 7.86. The van der Waals surface area contributed by atoms with E-state index in [1.54, 1.807) is 45.2 Å². The van der Waals surface area contributed by atoms with Gasteiger partial charge in [-0.05, 0) is 76.3 Å². The number of benzene rings is 2. The van der Waals surface area contributed by atoms with Crippen molar-refractivity contribution >= 4 is 10.1 Å². The number of halogens is 3. The fourth-order valence-corrected chi connectivity index (χ4v) is 7.47. The Morgan fingerprint density at radius 2 is 1.31 bits per heavy atom. The molecule has 13 nitrogen and oxygen atoms in total. The first-order chi connectivity index (χ1) is 24.6. The maximum Gasteiger partial charge on any atom is 0.345 e. The van der Waals surface area contributed by atoms with Crippen molar-refractivity contribution in [3.8, 4) is 0 Å². The number of piperidine rings is 1. The number of hydrogen-bond donors (Lipinski definition) is 0. The molecule has 4 atom stereocenters. The summed E-state index contributed by atoms with van der Waals surface area (Å²) in [4.78, 5) is 26.0. The third-order valence-corrected chi connectivity index (χ3v) is 10.9. The molecule has 0 saturated carbocycles. The third-order valence-electron chi connectivity index (χ3n) is 9.62. The van der Waals surface area contributed by atoms with Crippen molar-refractivity contribution in [1.82, 2.24) is 33.6 Å². The van der Waals surface area contributed by atoms with Crippen molar-refractivity contribution in [2.45, 2.75) is 102 Å². The van der Waals surface area contributed by atoms with E-state index in [-0.39, 0.29) is 35.6 Å². The summed E-state index contributed by atoms with van der Waals surface area (Å²) in [5.74, 6) is 0.779. The summed E-state index contributed by atoms with van der Waals surface area (Å²) >= 11 is 0. The van der Waals surface area contributed by atoms with Crippen molar-refractivity contribution in [2.75, 3.05) is 13.2 Å². The molecule has 52 heavy (non-hydrogen) atoms. The summed E-state index contributed by atoms with van der Waals surface area (Å²) in [5.41, 5.74) is 1.12. The van der Waals surface area contributed by atoms with Crippen LogP contribution in [0.5, 0.6) is 0 Å². The predicted molar refractivity (Wildman–Crippen MR) is 186 cm³/mol. The topological polar surface area (TPSA) is 135 Å². The van der Waals surface area contributed by atoms with Gasteiger partial charge in [0, 0.05) is 32.7 Å². The standard InChI is InChI=1S/C21H28F2N4O2.C14H18FN3O4S/c1-14-24-27(21(28)25(14)2)12-17(23)11-26-18-7-8-19(26)10-20(9-18)29-13-15-3-5-16(22)6-4-15;1-10-4-6-13(7-5-10)23(20,21)22-9-12(15)8-18-14(19)17(3)11(2)16-18/h3-6,17-20H,7-13H2,1-2H3;4-7,12H,8-9H2,1-3H3/t17-,18?,19?,20?;12-/m01/s1. The van der Waals surface area contributed by atoms with E-state index in [9.17, 15) is 31.2 Å². The molecular formula is C35H46F3N7O6S. The van der Waals surface area contributed by atoms with Gasteiger partial charge in [-0.25, -0.2) is 32.1 Å². The van der Waals surface area contributed by atoms with E-state index in [0.717, 1.165) is 41.5 Å². The molecule has 6 rings (SSSR count). The van der Waals surface area contributed by atoms with Crippen LogP contribution < -0.4 is 11.4 Å². The van der Waals surface area contributed by atoms with E-state index < -0.39 is 34.8 Å². The number of hydrogen-bond acceptors (Lipinski definition) is 9. The van der Waals surface area contributed by atoms with Crippen molar-refractivity contribution in [2.24, 2.45) is 14.1 Å². The second-order valence-electron chi connectivity index (χ2n) is 13.5. The smallest absolute Gasteiger partial charge is 0.345 e. The number of rotatable bonds is 13. The Morgan fingerprint density at radius 1 is 0.788 bits per heavy atom. The first-order valence-electron chi connectivity index (χ1n) is 17.2. The van der Waals surface area contributed by atoms with Crippen LogP contribution >= 0.6 is 0 Å². The minimum absolute atomic E-state index is 0.0129. The highest BCUT2D eigenvalue weighted by Crippen LogP contribution is 2.37. The Bertz CT molecular complexity index is 2010. The van der Waals surface area contributed by atoms with E-state index in [1.165, 1.54) is 45.1 Å². The van der Waals surface area contributed by atoms with Gasteiger partial charge in [0.05, 0.1) is 37.3 Å². The lowest BCUT2D eigenvalue weighted by Gasteiger charge is -2.39. The number of alkyl halides is 2. The maximum absolute atomic E-state index is 14.8. The van der Waals surface area contributed by atoms with Crippen molar-refractivity contribution in [3.05, 3.63) is 98.1 Å². The molecule has 0 N–H and O–H groups in total. The number of fused-ring (bicyclic) bond motifs is 2. The lowest BCUT2D eigenvalue weighted by molar-refractivity contribution is -0.0342. The molecule has 0 aliphatic carbocycles. The molecule has 2 bridgehead atoms. The van der Waals surface area contributed by atoms with Crippen LogP contribution in [0.25, 0.3) is 0 Å². The van der Waals surface area contributed by atoms with Crippen LogP contribution in [-0.4, -0.2) is 85.7 Å². The van der Waals surface area contributed by atoms with Crippen LogP contribution in [0.1, 0.15) is 48.5 Å². The second kappa shape index (κ2) is 16.7. The molecule has 2 saturated heterocycles. The summed E-state index contributed by atoms with van der Waals surface area (Å²) < 4.78 is 81.2. The molecule has 2 unspecified atom stereocenters. The molecule has 0 radical (unpaired) electrons. The largest absolute Gasteiger partial charge is 0.373 e. The van der Waals surface area contributed by atoms with Crippen molar-refractivity contribution < 1.29 is 30.5 Å². The number of nitrogens with zero attached hydrogens (tertiary/aromatic N) is 7. The summed E-state index contributed by atoms with van der Waals surface area (Å²) in [6, 6.07) is 13.0. The van der Waals surface area contributed by atoms with Gasteiger partial charge in [0.2, 0.25) is 0 Å². The molecule has 17 heteroatoms. The molecule has 2 aliphatic rings. The van der Waals surface area contributed by atoms with E-state index in [0.29, 0.717) is 36.9 Å². The lowest BCUT2D eigenvalue weighted by atomic mass is 9.99. The van der Waals surface area contributed by atoms with Gasteiger partial charge in [0.25, 0.3) is 10.1 Å². The maximum atomic E-state index is 14.8. The first-order valence-corrected chi connectivity index (χ1v) is 18.6. The van der Waals surface area contributed by atoms with Crippen LogP contribution in [0.3, 0.4) is 0 Å². The molecular weight excluding hydrogens is 703 g/mol. The van der Waals surface area contributed by atoms with E-state index in [2.05, 4.69) is 15.1 Å². The highest BCUT2D eigenvalue weighted by Gasteiger charge is 2.42. The first kappa shape index (κ1) is 39.2. The number of aryl methyl sites for hydroxylation is 3. The normalized spacial score (nSPS) is 20.0. The molecule has 0 spiro atoms. The van der Waals surface area contributed by atoms with Crippen LogP contribution in [-0.2, 0) is 52.8 Å². The quantitative estimate of drug-likeness (QED) is 0.188. The molecule has 2 aliphatic heterocycles. The minimum Gasteiger partial charge on any atom is -0.373 e. The van der Waals surface area contributed by atoms with Gasteiger partial charge in [-0.15, -0.1) is 0 Å². The van der Waals surface area contributed by atoms with E-state index in [1.807, 2.05) is 6.92 Å². The molecule has 2 fully saturated rings. The van der Waals surface area contributed by atoms with E-state index in [4.69, 9.17) is 8.92 Å². The van der Waals surface area contributed by atoms with Gasteiger partial charge >= 0.3 is 11.4 Å². The molecule has 4 heterocycles. The monoisotopic (exact) mass is 749 g/mol. The zero-order valence-corrected chi connectivity index (χ0v) is 30.8. The average Bonchev–Trinajstić information content (AvgIpc) is 3.59. The molecule has 2 aromatic heterocycles. The molecule has 2 aromatic carbocycles. The number of aromatic nitrogens is 6. The Hall–Kier alpha value is -4.06. The van der Waals surface area contributed by atoms with Crippen molar-refractivity contribution in [1.29, 1.82) is 0 Å². The van der Waals surface area contributed by atoms with Gasteiger partial charge < -0.3 is 4.74 Å². The summed E-state index contributed by atoms with van der Waals surface area (Å²) in [6.45, 7) is 4.90. The van der Waals surface area contributed by atoms with Gasteiger partial charge in [0.15, 0.2) is 0 Å². The van der Waals surface area contributed by atoms with Crippen molar-refractivity contribution in [3.63, 3.8) is 0 Å². The second-order valence-corrected chi connectivity index (χ2v) is 15.1. The Labute approximate surface area is 300 Å². The Morgan fingerprint density at radius 3 is 1.81 bits per heavy atom. The predicted octanol–water partition coefficient (Wildman–Crippen LogP) is 3.52. The zero-order valence-electron chi connectivity index (χ0n) is 30.0. The SMILES string of the molecule is Cc1ccc(S(=O)(=O)OC[C@H](F)Cn2nc(C)n(C)c2=O)cc1.Cc1nn(C[C@@H](F)CN2C3CCC2CC(OCc2ccc(F)cc2)C3)c(=O)n1C. The van der Waals surface area contributed by atoms with Gasteiger partial charge in [-0.3, -0.25) is 18.2 Å². The fraction of sp³-hybridized carbons (Fsp3) is 0.543. The Balaban J connectivity index is 0.000000207. The summed E-state index contributed by atoms with van der Waals surface area (Å²) in [6.07, 6.45) is 1.20. The minimum atomic E-state index is -4.03. The van der Waals surface area contributed by atoms with Crippen LogP contribution in [0.15, 0.2) is 63.0 Å². The van der Waals surface area contributed by atoms with Gasteiger partial charge in [-0.2, -0.15) is 18.6 Å². The summed E-state index contributed by atoms with van der Waals surface area (Å²) in [7, 11) is -0.866. The zero-order chi connectivity index (χ0) is 37.7. The fourth-order valence-electron chi connectivity index (χ4n) is 6.53. The summed E-state index contributed by atoms with van der Waals surface area (Å²) in [5, 5.41) is 8.02. The van der Waals surface area contributed by atoms with Crippen LogP contribution in [0.4, 0.5) is 13.2 Å². The average molecular weight is 750 g/mol. The lowest BCUT2D eigenvalue weighted by Crippen LogP contribution is -2.48. The van der Waals surface area contributed by atoms with Gasteiger partial charge in [-0.1, -0.05) is 29.8 Å². The third kappa shape index (κ3) is 9.67. The van der Waals surface area contributed by atoms with Crippen LogP contribution in [0, 0.1) is 26.6 Å². The highest BCUT2D eigenvalue weighted by atomic mass is 32.2. The van der Waals surface area contributed by atoms with E-state index >= 15 is 0 Å². The molecule has 0 amide bonds. The number of ether oxygens (including phenoxy) is 1. The Kier molecular flexibility index (Phi) is 12.6.